The standard InChI is InChI=1S/C30H34N4O.C24H41N5O2.2C2H6/c1-20(19-34-14-11-25(12-15-34)24-6-4-23(5-7-24)22(3)35)16-29-21(2)31-13-10-28(29)26-8-9-30-27(17-26)18-32-33-30;1-5-7-19(8-6-2)16-28-13-14-29(17-28)23-12-11-21(18(3)27(23)4)26-22-10-9-20(30)15-25-24(22)31;2*1-2/h4-10,13,16-17,25,32-33H,11-12,14-15,18-19H2,1-3H3;11-12,18-19,22,26H,5-10,13-17H2,1-4H3,(H,25,31);2*1-2H3/b20-16+;;;. The molecule has 0 saturated carbocycles. The average molecular weight is 958 g/mol. The first kappa shape index (κ1) is 55.6. The molecule has 8 rings (SSSR count). The fourth-order valence-electron chi connectivity index (χ4n) is 10.3. The van der Waals surface area contributed by atoms with E-state index in [-0.39, 0.29) is 36.1 Å². The maximum Gasteiger partial charge on any atom is 0.242 e. The largest absolute Gasteiger partial charge is 0.375 e. The lowest BCUT2D eigenvalue weighted by atomic mass is 9.88. The highest BCUT2D eigenvalue weighted by Crippen LogP contribution is 2.33. The first-order chi connectivity index (χ1) is 33.9. The number of nitrogens with zero attached hydrogens (tertiary/aromatic N) is 5. The van der Waals surface area contributed by atoms with Crippen LogP contribution in [0, 0.1) is 12.8 Å². The molecule has 2 unspecified atom stereocenters. The minimum absolute atomic E-state index is 0.0831. The number of pyridine rings is 1. The molecule has 12 nitrogen and oxygen atoms in total. The van der Waals surface area contributed by atoms with Gasteiger partial charge in [0.05, 0.1) is 24.9 Å². The molecule has 0 bridgehead atoms. The van der Waals surface area contributed by atoms with Crippen LogP contribution >= 0.6 is 0 Å². The second-order valence-corrected chi connectivity index (χ2v) is 19.3. The van der Waals surface area contributed by atoms with E-state index in [0.29, 0.717) is 18.8 Å². The zero-order valence-corrected chi connectivity index (χ0v) is 44.7. The van der Waals surface area contributed by atoms with Gasteiger partial charge in [-0.3, -0.25) is 29.2 Å². The highest BCUT2D eigenvalue weighted by atomic mass is 16.2. The zero-order valence-electron chi connectivity index (χ0n) is 44.7. The second kappa shape index (κ2) is 27.9. The number of piperidine rings is 1. The van der Waals surface area contributed by atoms with Crippen molar-refractivity contribution < 1.29 is 14.4 Å². The van der Waals surface area contributed by atoms with Crippen molar-refractivity contribution in [1.82, 2.24) is 40.6 Å². The fourth-order valence-corrected chi connectivity index (χ4v) is 10.3. The van der Waals surface area contributed by atoms with Crippen LogP contribution in [0.2, 0.25) is 0 Å². The SMILES string of the molecule is CC.CC.CC(=O)c1ccc(C2CCN(C/C(C)=C/c3c(-c4ccc5c(c4)CNN5)ccnc3C)CC2)cc1.CCCC(CCC)CN1CCN(C2=CC=C(NC3CCC(=O)CNC3=O)C(C)N2C)C1. The molecule has 5 aliphatic heterocycles. The quantitative estimate of drug-likeness (QED) is 0.109. The number of benzene rings is 2. The van der Waals surface area contributed by atoms with Crippen LogP contribution < -0.4 is 21.5 Å². The van der Waals surface area contributed by atoms with Crippen molar-refractivity contribution in [3.8, 4) is 11.1 Å². The summed E-state index contributed by atoms with van der Waals surface area (Å²) in [5, 5.41) is 6.13. The molecule has 1 amide bonds. The topological polar surface area (TPSA) is 125 Å². The van der Waals surface area contributed by atoms with Crippen molar-refractivity contribution in [2.45, 2.75) is 145 Å². The van der Waals surface area contributed by atoms with Crippen LogP contribution in [0.3, 0.4) is 0 Å². The molecule has 2 atom stereocenters. The number of hydrogen-bond acceptors (Lipinski definition) is 11. The molecule has 0 spiro atoms. The smallest absolute Gasteiger partial charge is 0.242 e. The molecule has 4 N–H and O–H groups in total. The summed E-state index contributed by atoms with van der Waals surface area (Å²) in [7, 11) is 2.13. The van der Waals surface area contributed by atoms with Gasteiger partial charge in [0.2, 0.25) is 5.91 Å². The van der Waals surface area contributed by atoms with Gasteiger partial charge in [-0.1, -0.05) is 96.4 Å². The molecule has 2 aromatic carbocycles. The predicted molar refractivity (Wildman–Crippen MR) is 290 cm³/mol. The van der Waals surface area contributed by atoms with Crippen molar-refractivity contribution in [2.75, 3.05) is 65.0 Å². The number of aromatic nitrogens is 1. The minimum atomic E-state index is -0.347. The van der Waals surface area contributed by atoms with Crippen LogP contribution in [0.1, 0.15) is 152 Å². The van der Waals surface area contributed by atoms with E-state index in [1.165, 1.54) is 71.4 Å². The maximum absolute atomic E-state index is 12.3. The number of Topliss-reactive ketones (excluding diaryl/α,β-unsaturated/α-hetero) is 2. The Bertz CT molecular complexity index is 2260. The summed E-state index contributed by atoms with van der Waals surface area (Å²) in [5.41, 5.74) is 18.1. The minimum Gasteiger partial charge on any atom is -0.375 e. The molecule has 3 aromatic rings. The van der Waals surface area contributed by atoms with E-state index >= 15 is 0 Å². The van der Waals surface area contributed by atoms with Gasteiger partial charge in [-0.2, -0.15) is 0 Å². The third-order valence-corrected chi connectivity index (χ3v) is 14.3. The van der Waals surface area contributed by atoms with Gasteiger partial charge in [-0.15, -0.1) is 0 Å². The number of carbonyl (C=O) groups excluding carboxylic acids is 3. The van der Waals surface area contributed by atoms with E-state index in [1.54, 1.807) is 6.92 Å². The number of allylic oxidation sites excluding steroid dienone is 2. The van der Waals surface area contributed by atoms with Crippen LogP contribution in [-0.4, -0.2) is 114 Å². The Morgan fingerprint density at radius 3 is 2.29 bits per heavy atom. The monoisotopic (exact) mass is 958 g/mol. The van der Waals surface area contributed by atoms with Crippen LogP contribution in [0.15, 0.2) is 84.0 Å². The van der Waals surface area contributed by atoms with E-state index in [4.69, 9.17) is 0 Å². The van der Waals surface area contributed by atoms with Crippen LogP contribution in [0.5, 0.6) is 0 Å². The number of anilines is 1. The fraction of sp³-hybridized carbons (Fsp3) is 0.552. The number of rotatable bonds is 15. The first-order valence-electron chi connectivity index (χ1n) is 26.7. The number of nitrogens with one attached hydrogen (secondary N) is 4. The van der Waals surface area contributed by atoms with Gasteiger partial charge < -0.3 is 25.9 Å². The second-order valence-electron chi connectivity index (χ2n) is 19.3. The van der Waals surface area contributed by atoms with Gasteiger partial charge in [0.25, 0.3) is 0 Å². The molecular formula is C58H87N9O3. The van der Waals surface area contributed by atoms with E-state index in [0.717, 1.165) is 87.3 Å². The lowest BCUT2D eigenvalue weighted by Crippen LogP contribution is -2.48. The number of hydrazine groups is 1. The highest BCUT2D eigenvalue weighted by molar-refractivity contribution is 5.94. The first-order valence-corrected chi connectivity index (χ1v) is 26.7. The number of amides is 1. The zero-order chi connectivity index (χ0) is 50.7. The summed E-state index contributed by atoms with van der Waals surface area (Å²) < 4.78 is 0. The molecular weight excluding hydrogens is 871 g/mol. The third kappa shape index (κ3) is 15.1. The predicted octanol–water partition coefficient (Wildman–Crippen LogP) is 10.3. The number of likely N-dealkylation sites (tertiary alicyclic amines) is 1. The van der Waals surface area contributed by atoms with Crippen LogP contribution in [0.25, 0.3) is 17.2 Å². The van der Waals surface area contributed by atoms with E-state index in [1.807, 2.05) is 46.0 Å². The van der Waals surface area contributed by atoms with Gasteiger partial charge in [-0.25, -0.2) is 5.43 Å². The molecule has 3 fully saturated rings. The Morgan fingerprint density at radius 2 is 1.60 bits per heavy atom. The van der Waals surface area contributed by atoms with Crippen molar-refractivity contribution in [3.05, 3.63) is 112 Å². The van der Waals surface area contributed by atoms with Gasteiger partial charge in [-0.05, 0) is 137 Å². The molecule has 3 saturated heterocycles. The molecule has 12 heteroatoms. The Balaban J connectivity index is 0.000000245. The molecule has 5 aliphatic rings. The molecule has 1 aromatic heterocycles. The summed E-state index contributed by atoms with van der Waals surface area (Å²) in [6, 6.07) is 16.8. The van der Waals surface area contributed by atoms with Gasteiger partial charge in [0, 0.05) is 74.9 Å². The van der Waals surface area contributed by atoms with E-state index < -0.39 is 0 Å². The van der Waals surface area contributed by atoms with Gasteiger partial charge in [0.15, 0.2) is 11.6 Å². The summed E-state index contributed by atoms with van der Waals surface area (Å²) in [5.74, 6) is 2.77. The Hall–Kier alpha value is -5.30. The number of aryl methyl sites for hydroxylation is 1. The Kier molecular flexibility index (Phi) is 22.2. The molecule has 382 valence electrons. The van der Waals surface area contributed by atoms with Crippen LogP contribution in [-0.2, 0) is 16.1 Å². The van der Waals surface area contributed by atoms with E-state index in [2.05, 4.69) is 142 Å². The van der Waals surface area contributed by atoms with Crippen LogP contribution in [0.4, 0.5) is 5.69 Å². The highest BCUT2D eigenvalue weighted by Gasteiger charge is 2.32. The lowest BCUT2D eigenvalue weighted by Gasteiger charge is -2.39. The number of ketones is 2. The molecule has 0 aliphatic carbocycles. The summed E-state index contributed by atoms with van der Waals surface area (Å²) in [6.45, 7) is 29.2. The maximum atomic E-state index is 12.3. The summed E-state index contributed by atoms with van der Waals surface area (Å²) in [6.07, 6.45) is 17.0. The van der Waals surface area contributed by atoms with Crippen molar-refractivity contribution in [1.29, 1.82) is 0 Å². The average Bonchev–Trinajstić information content (AvgIpc) is 4.02. The normalized spacial score (nSPS) is 19.8. The third-order valence-electron chi connectivity index (χ3n) is 14.3. The number of fused-ring (bicyclic) bond motifs is 1. The van der Waals surface area contributed by atoms with Crippen molar-refractivity contribution in [2.24, 2.45) is 5.92 Å². The summed E-state index contributed by atoms with van der Waals surface area (Å²) in [4.78, 5) is 50.0. The molecule has 70 heavy (non-hydrogen) atoms. The van der Waals surface area contributed by atoms with Crippen molar-refractivity contribution >= 4 is 29.2 Å². The van der Waals surface area contributed by atoms with E-state index in [9.17, 15) is 14.4 Å². The van der Waals surface area contributed by atoms with Crippen molar-refractivity contribution in [3.63, 3.8) is 0 Å². The number of likely N-dealkylation sites (N-methyl/N-ethyl adjacent to an activating group) is 1. The number of carbonyl (C=O) groups is 3. The summed E-state index contributed by atoms with van der Waals surface area (Å²) >= 11 is 0. The Morgan fingerprint density at radius 1 is 0.886 bits per heavy atom. The Labute approximate surface area is 421 Å². The lowest BCUT2D eigenvalue weighted by molar-refractivity contribution is -0.124. The van der Waals surface area contributed by atoms with Gasteiger partial charge >= 0.3 is 0 Å². The number of hydrogen-bond donors (Lipinski definition) is 4. The molecule has 0 radical (unpaired) electrons. The van der Waals surface area contributed by atoms with Gasteiger partial charge in [0.1, 0.15) is 11.9 Å². The molecule has 6 heterocycles.